The minimum atomic E-state index is 0.00486. The molecule has 0 saturated heterocycles. The van der Waals surface area contributed by atoms with Gasteiger partial charge >= 0.3 is 0 Å². The highest BCUT2D eigenvalue weighted by Gasteiger charge is 2.12. The van der Waals surface area contributed by atoms with Crippen LogP contribution in [0.2, 0.25) is 0 Å². The van der Waals surface area contributed by atoms with Gasteiger partial charge in [-0.25, -0.2) is 0 Å². The Morgan fingerprint density at radius 1 is 1.38 bits per heavy atom. The van der Waals surface area contributed by atoms with Crippen molar-refractivity contribution in [2.75, 3.05) is 13.7 Å². The zero-order chi connectivity index (χ0) is 11.4. The van der Waals surface area contributed by atoms with Crippen molar-refractivity contribution in [2.45, 2.75) is 6.42 Å². The molecule has 1 aromatic heterocycles. The van der Waals surface area contributed by atoms with Crippen LogP contribution in [0.5, 0.6) is 5.75 Å². The molecule has 5 heteroatoms. The standard InChI is InChI=1S/C11H12N2O3/c1-15-9-5-3-2-4-8(9)11-12-10(6-7-14)13-16-11/h2-5,14H,6-7H2,1H3. The first-order valence-electron chi connectivity index (χ1n) is 4.92. The lowest BCUT2D eigenvalue weighted by Gasteiger charge is -2.02. The van der Waals surface area contributed by atoms with E-state index in [-0.39, 0.29) is 6.61 Å². The van der Waals surface area contributed by atoms with Gasteiger partial charge in [0.2, 0.25) is 0 Å². The van der Waals surface area contributed by atoms with Crippen molar-refractivity contribution in [3.63, 3.8) is 0 Å². The summed E-state index contributed by atoms with van der Waals surface area (Å²) in [6.07, 6.45) is 0.388. The van der Waals surface area contributed by atoms with Crippen LogP contribution in [0.4, 0.5) is 0 Å². The van der Waals surface area contributed by atoms with Gasteiger partial charge in [-0.1, -0.05) is 17.3 Å². The first-order chi connectivity index (χ1) is 7.85. The molecule has 2 aromatic rings. The maximum Gasteiger partial charge on any atom is 0.261 e. The molecule has 0 aliphatic carbocycles. The van der Waals surface area contributed by atoms with Gasteiger partial charge in [0, 0.05) is 6.42 Å². The third kappa shape index (κ3) is 2.04. The number of aliphatic hydroxyl groups is 1. The van der Waals surface area contributed by atoms with Gasteiger partial charge in [-0.15, -0.1) is 0 Å². The van der Waals surface area contributed by atoms with Gasteiger partial charge in [-0.2, -0.15) is 4.98 Å². The predicted molar refractivity (Wildman–Crippen MR) is 57.1 cm³/mol. The van der Waals surface area contributed by atoms with Crippen molar-refractivity contribution >= 4 is 0 Å². The maximum atomic E-state index is 8.75. The van der Waals surface area contributed by atoms with Gasteiger partial charge in [-0.05, 0) is 12.1 Å². The Bertz CT molecular complexity index is 468. The Labute approximate surface area is 92.7 Å². The second-order valence-electron chi connectivity index (χ2n) is 3.19. The molecule has 5 nitrogen and oxygen atoms in total. The number of rotatable bonds is 4. The Balaban J connectivity index is 2.34. The van der Waals surface area contributed by atoms with Gasteiger partial charge in [0.25, 0.3) is 5.89 Å². The summed E-state index contributed by atoms with van der Waals surface area (Å²) >= 11 is 0. The second kappa shape index (κ2) is 4.76. The number of nitrogens with zero attached hydrogens (tertiary/aromatic N) is 2. The normalized spacial score (nSPS) is 10.4. The average Bonchev–Trinajstić information content (AvgIpc) is 2.78. The van der Waals surface area contributed by atoms with Crippen molar-refractivity contribution in [2.24, 2.45) is 0 Å². The highest BCUT2D eigenvalue weighted by Crippen LogP contribution is 2.27. The molecule has 0 bridgehead atoms. The van der Waals surface area contributed by atoms with Crippen LogP contribution in [0, 0.1) is 0 Å². The van der Waals surface area contributed by atoms with E-state index < -0.39 is 0 Å². The molecule has 0 amide bonds. The van der Waals surface area contributed by atoms with E-state index in [9.17, 15) is 0 Å². The Morgan fingerprint density at radius 2 is 2.19 bits per heavy atom. The van der Waals surface area contributed by atoms with Crippen molar-refractivity contribution in [3.8, 4) is 17.2 Å². The highest BCUT2D eigenvalue weighted by atomic mass is 16.5. The SMILES string of the molecule is COc1ccccc1-c1nc(CCO)no1. The van der Waals surface area contributed by atoms with E-state index in [1.165, 1.54) is 0 Å². The fraction of sp³-hybridized carbons (Fsp3) is 0.273. The predicted octanol–water partition coefficient (Wildman–Crippen LogP) is 1.28. The lowest BCUT2D eigenvalue weighted by Crippen LogP contribution is -1.92. The maximum absolute atomic E-state index is 8.75. The number of ether oxygens (including phenoxy) is 1. The van der Waals surface area contributed by atoms with Gasteiger partial charge < -0.3 is 14.4 Å². The Kier molecular flexibility index (Phi) is 3.16. The van der Waals surface area contributed by atoms with Crippen LogP contribution in [0.15, 0.2) is 28.8 Å². The van der Waals surface area contributed by atoms with Crippen LogP contribution in [-0.2, 0) is 6.42 Å². The molecular weight excluding hydrogens is 208 g/mol. The van der Waals surface area contributed by atoms with Crippen LogP contribution in [-0.4, -0.2) is 29.0 Å². The minimum absolute atomic E-state index is 0.00486. The van der Waals surface area contributed by atoms with Gasteiger partial charge in [0.15, 0.2) is 5.82 Å². The quantitative estimate of drug-likeness (QED) is 0.840. The smallest absolute Gasteiger partial charge is 0.261 e. The molecule has 0 unspecified atom stereocenters. The summed E-state index contributed by atoms with van der Waals surface area (Å²) in [5, 5.41) is 12.5. The van der Waals surface area contributed by atoms with Crippen LogP contribution in [0.3, 0.4) is 0 Å². The van der Waals surface area contributed by atoms with Crippen molar-refractivity contribution < 1.29 is 14.4 Å². The van der Waals surface area contributed by atoms with E-state index in [1.54, 1.807) is 7.11 Å². The number of hydrogen-bond acceptors (Lipinski definition) is 5. The molecule has 2 rings (SSSR count). The number of aliphatic hydroxyl groups excluding tert-OH is 1. The van der Waals surface area contributed by atoms with E-state index in [1.807, 2.05) is 24.3 Å². The zero-order valence-corrected chi connectivity index (χ0v) is 8.88. The fourth-order valence-electron chi connectivity index (χ4n) is 1.39. The molecule has 0 aliphatic heterocycles. The molecule has 84 valence electrons. The number of aromatic nitrogens is 2. The lowest BCUT2D eigenvalue weighted by atomic mass is 10.2. The van der Waals surface area contributed by atoms with Gasteiger partial charge in [0.1, 0.15) is 5.75 Å². The van der Waals surface area contributed by atoms with E-state index in [0.717, 1.165) is 5.56 Å². The van der Waals surface area contributed by atoms with E-state index >= 15 is 0 Å². The van der Waals surface area contributed by atoms with Crippen LogP contribution in [0.1, 0.15) is 5.82 Å². The molecule has 0 saturated carbocycles. The summed E-state index contributed by atoms with van der Waals surface area (Å²) < 4.78 is 10.3. The summed E-state index contributed by atoms with van der Waals surface area (Å²) in [4.78, 5) is 4.16. The van der Waals surface area contributed by atoms with Crippen LogP contribution < -0.4 is 4.74 Å². The lowest BCUT2D eigenvalue weighted by molar-refractivity contribution is 0.293. The number of hydrogen-bond donors (Lipinski definition) is 1. The number of para-hydroxylation sites is 1. The molecular formula is C11H12N2O3. The van der Waals surface area contributed by atoms with Gasteiger partial charge in [0.05, 0.1) is 19.3 Å². The second-order valence-corrected chi connectivity index (χ2v) is 3.19. The summed E-state index contributed by atoms with van der Waals surface area (Å²) in [6, 6.07) is 7.40. The molecule has 16 heavy (non-hydrogen) atoms. The van der Waals surface area contributed by atoms with Crippen LogP contribution >= 0.6 is 0 Å². The molecule has 1 aromatic carbocycles. The van der Waals surface area contributed by atoms with Gasteiger partial charge in [-0.3, -0.25) is 0 Å². The first kappa shape index (κ1) is 10.6. The zero-order valence-electron chi connectivity index (χ0n) is 8.88. The summed E-state index contributed by atoms with van der Waals surface area (Å²) in [5.74, 6) is 1.58. The third-order valence-corrected chi connectivity index (χ3v) is 2.14. The molecule has 0 atom stereocenters. The molecule has 0 spiro atoms. The van der Waals surface area contributed by atoms with E-state index in [2.05, 4.69) is 10.1 Å². The topological polar surface area (TPSA) is 68.4 Å². The Hall–Kier alpha value is -1.88. The monoisotopic (exact) mass is 220 g/mol. The first-order valence-corrected chi connectivity index (χ1v) is 4.92. The summed E-state index contributed by atoms with van der Waals surface area (Å²) in [5.41, 5.74) is 0.752. The van der Waals surface area contributed by atoms with E-state index in [0.29, 0.717) is 23.9 Å². The largest absolute Gasteiger partial charge is 0.496 e. The summed E-state index contributed by atoms with van der Waals surface area (Å²) in [7, 11) is 1.59. The summed E-state index contributed by atoms with van der Waals surface area (Å²) in [6.45, 7) is 0.00486. The molecule has 1 heterocycles. The molecule has 0 aliphatic rings. The fourth-order valence-corrected chi connectivity index (χ4v) is 1.39. The molecule has 0 radical (unpaired) electrons. The minimum Gasteiger partial charge on any atom is -0.496 e. The number of methoxy groups -OCH3 is 1. The van der Waals surface area contributed by atoms with E-state index in [4.69, 9.17) is 14.4 Å². The van der Waals surface area contributed by atoms with Crippen molar-refractivity contribution in [3.05, 3.63) is 30.1 Å². The molecule has 0 fully saturated rings. The third-order valence-electron chi connectivity index (χ3n) is 2.14. The number of benzene rings is 1. The molecule has 1 N–H and O–H groups in total. The average molecular weight is 220 g/mol. The Morgan fingerprint density at radius 3 is 2.94 bits per heavy atom. The van der Waals surface area contributed by atoms with Crippen LogP contribution in [0.25, 0.3) is 11.5 Å². The van der Waals surface area contributed by atoms with Crippen molar-refractivity contribution in [1.29, 1.82) is 0 Å². The van der Waals surface area contributed by atoms with Crippen molar-refractivity contribution in [1.82, 2.24) is 10.1 Å². The highest BCUT2D eigenvalue weighted by molar-refractivity contribution is 5.62.